The summed E-state index contributed by atoms with van der Waals surface area (Å²) in [5.74, 6) is -0.997. The summed E-state index contributed by atoms with van der Waals surface area (Å²) in [5, 5.41) is 2.78. The summed E-state index contributed by atoms with van der Waals surface area (Å²) < 4.78 is 0. The molecule has 0 spiro atoms. The average molecular weight is 364 g/mol. The Balaban J connectivity index is 1.69. The number of carbonyl (C=O) groups excluding carboxylic acids is 4. The van der Waals surface area contributed by atoms with Crippen LogP contribution in [0.2, 0.25) is 0 Å². The van der Waals surface area contributed by atoms with Gasteiger partial charge in [-0.2, -0.15) is 0 Å². The monoisotopic (exact) mass is 364 g/mol. The molecule has 0 aromatic heterocycles. The molecule has 1 aliphatic heterocycles. The molecule has 0 radical (unpaired) electrons. The maximum Gasteiger partial charge on any atom is 0.229 e. The molecule has 3 rings (SSSR count). The minimum atomic E-state index is -0.481. The van der Waals surface area contributed by atoms with Crippen LogP contribution < -0.4 is 10.2 Å². The van der Waals surface area contributed by atoms with Gasteiger partial charge in [0.05, 0.1) is 5.92 Å². The van der Waals surface area contributed by atoms with Gasteiger partial charge in [0.15, 0.2) is 11.6 Å². The van der Waals surface area contributed by atoms with Crippen LogP contribution in [0.1, 0.15) is 41.0 Å². The van der Waals surface area contributed by atoms with E-state index in [1.54, 1.807) is 53.4 Å². The number of ketones is 2. The number of benzene rings is 2. The Labute approximate surface area is 157 Å². The van der Waals surface area contributed by atoms with Crippen LogP contribution in [-0.2, 0) is 9.59 Å². The van der Waals surface area contributed by atoms with E-state index in [0.29, 0.717) is 22.5 Å². The molecule has 6 heteroatoms. The average Bonchev–Trinajstić information content (AvgIpc) is 3.04. The standard InChI is InChI=1S/C21H20N2O4/c1-13(24)15-6-8-19(9-7-15)23-12-17(11-20(23)26)21(27)22-18-5-3-4-16(10-18)14(2)25/h3-10,17H,11-12H2,1-2H3,(H,22,27). The van der Waals surface area contributed by atoms with Gasteiger partial charge in [-0.3, -0.25) is 19.2 Å². The van der Waals surface area contributed by atoms with Gasteiger partial charge in [0, 0.05) is 35.5 Å². The quantitative estimate of drug-likeness (QED) is 0.827. The molecule has 1 atom stereocenters. The third-order valence-electron chi connectivity index (χ3n) is 4.62. The van der Waals surface area contributed by atoms with Crippen LogP contribution in [0.3, 0.4) is 0 Å². The lowest BCUT2D eigenvalue weighted by molar-refractivity contribution is -0.122. The van der Waals surface area contributed by atoms with E-state index >= 15 is 0 Å². The van der Waals surface area contributed by atoms with Gasteiger partial charge in [0.25, 0.3) is 0 Å². The second kappa shape index (κ2) is 7.53. The number of hydrogen-bond acceptors (Lipinski definition) is 4. The van der Waals surface area contributed by atoms with Crippen LogP contribution in [-0.4, -0.2) is 29.9 Å². The third-order valence-corrected chi connectivity index (χ3v) is 4.62. The fourth-order valence-electron chi connectivity index (χ4n) is 3.07. The number of anilines is 2. The topological polar surface area (TPSA) is 83.6 Å². The van der Waals surface area contributed by atoms with Crippen LogP contribution in [0.15, 0.2) is 48.5 Å². The van der Waals surface area contributed by atoms with Crippen LogP contribution in [0.25, 0.3) is 0 Å². The zero-order valence-electron chi connectivity index (χ0n) is 15.2. The lowest BCUT2D eigenvalue weighted by Crippen LogP contribution is -2.28. The first-order valence-electron chi connectivity index (χ1n) is 8.68. The summed E-state index contributed by atoms with van der Waals surface area (Å²) in [5.41, 5.74) is 2.29. The maximum absolute atomic E-state index is 12.5. The van der Waals surface area contributed by atoms with Gasteiger partial charge < -0.3 is 10.2 Å². The third kappa shape index (κ3) is 4.11. The summed E-state index contributed by atoms with van der Waals surface area (Å²) in [6, 6.07) is 13.5. The molecule has 27 heavy (non-hydrogen) atoms. The van der Waals surface area contributed by atoms with E-state index in [9.17, 15) is 19.2 Å². The summed E-state index contributed by atoms with van der Waals surface area (Å²) in [7, 11) is 0. The highest BCUT2D eigenvalue weighted by Crippen LogP contribution is 2.26. The molecule has 1 unspecified atom stereocenters. The Bertz CT molecular complexity index is 918. The SMILES string of the molecule is CC(=O)c1ccc(N2CC(C(=O)Nc3cccc(C(C)=O)c3)CC2=O)cc1. The first kappa shape index (κ1) is 18.5. The van der Waals surface area contributed by atoms with Crippen molar-refractivity contribution in [3.63, 3.8) is 0 Å². The largest absolute Gasteiger partial charge is 0.326 e. The summed E-state index contributed by atoms with van der Waals surface area (Å²) in [6.07, 6.45) is 0.118. The molecule has 0 bridgehead atoms. The second-order valence-electron chi connectivity index (χ2n) is 6.63. The molecule has 1 N–H and O–H groups in total. The molecule has 1 saturated heterocycles. The molecular weight excluding hydrogens is 344 g/mol. The minimum absolute atomic E-state index is 0.0423. The van der Waals surface area contributed by atoms with Crippen molar-refractivity contribution in [1.82, 2.24) is 0 Å². The Morgan fingerprint density at radius 3 is 2.26 bits per heavy atom. The van der Waals surface area contributed by atoms with Crippen molar-refractivity contribution in [3.8, 4) is 0 Å². The van der Waals surface area contributed by atoms with Gasteiger partial charge in [0.1, 0.15) is 0 Å². The van der Waals surface area contributed by atoms with Crippen molar-refractivity contribution in [2.24, 2.45) is 5.92 Å². The van der Waals surface area contributed by atoms with Crippen LogP contribution in [0.5, 0.6) is 0 Å². The summed E-state index contributed by atoms with van der Waals surface area (Å²) in [4.78, 5) is 49.3. The van der Waals surface area contributed by atoms with Crippen LogP contribution >= 0.6 is 0 Å². The molecule has 2 aromatic rings. The molecule has 2 aromatic carbocycles. The molecule has 1 heterocycles. The predicted molar refractivity (Wildman–Crippen MR) is 102 cm³/mol. The van der Waals surface area contributed by atoms with Gasteiger partial charge in [-0.25, -0.2) is 0 Å². The molecule has 2 amide bonds. The number of nitrogens with one attached hydrogen (secondary N) is 1. The van der Waals surface area contributed by atoms with Gasteiger partial charge >= 0.3 is 0 Å². The number of amides is 2. The summed E-state index contributed by atoms with van der Waals surface area (Å²) >= 11 is 0. The Hall–Kier alpha value is -3.28. The number of carbonyl (C=O) groups is 4. The number of nitrogens with zero attached hydrogens (tertiary/aromatic N) is 1. The highest BCUT2D eigenvalue weighted by Gasteiger charge is 2.35. The lowest BCUT2D eigenvalue weighted by atomic mass is 10.1. The van der Waals surface area contributed by atoms with E-state index in [4.69, 9.17) is 0 Å². The number of hydrogen-bond donors (Lipinski definition) is 1. The minimum Gasteiger partial charge on any atom is -0.326 e. The normalized spacial score (nSPS) is 16.3. The van der Waals surface area contributed by atoms with E-state index in [2.05, 4.69) is 5.32 Å². The van der Waals surface area contributed by atoms with Gasteiger partial charge in [-0.15, -0.1) is 0 Å². The van der Waals surface area contributed by atoms with E-state index in [-0.39, 0.29) is 36.3 Å². The number of Topliss-reactive ketones (excluding diaryl/α,β-unsaturated/α-hetero) is 2. The highest BCUT2D eigenvalue weighted by molar-refractivity contribution is 6.04. The molecule has 0 saturated carbocycles. The predicted octanol–water partition coefficient (Wildman–Crippen LogP) is 3.08. The van der Waals surface area contributed by atoms with E-state index in [1.165, 1.54) is 13.8 Å². The molecular formula is C21H20N2O4. The highest BCUT2D eigenvalue weighted by atomic mass is 16.2. The van der Waals surface area contributed by atoms with Crippen molar-refractivity contribution >= 4 is 34.8 Å². The fraction of sp³-hybridized carbons (Fsp3) is 0.238. The van der Waals surface area contributed by atoms with E-state index in [1.807, 2.05) is 0 Å². The lowest BCUT2D eigenvalue weighted by Gasteiger charge is -2.17. The van der Waals surface area contributed by atoms with E-state index < -0.39 is 5.92 Å². The van der Waals surface area contributed by atoms with Crippen molar-refractivity contribution in [3.05, 3.63) is 59.7 Å². The molecule has 138 valence electrons. The van der Waals surface area contributed by atoms with Crippen LogP contribution in [0.4, 0.5) is 11.4 Å². The second-order valence-corrected chi connectivity index (χ2v) is 6.63. The van der Waals surface area contributed by atoms with Crippen molar-refractivity contribution in [2.75, 3.05) is 16.8 Å². The molecule has 0 aliphatic carbocycles. The summed E-state index contributed by atoms with van der Waals surface area (Å²) in [6.45, 7) is 3.22. The Kier molecular flexibility index (Phi) is 5.16. The Morgan fingerprint density at radius 1 is 0.963 bits per heavy atom. The van der Waals surface area contributed by atoms with E-state index in [0.717, 1.165) is 0 Å². The van der Waals surface area contributed by atoms with Crippen LogP contribution in [0, 0.1) is 5.92 Å². The van der Waals surface area contributed by atoms with Gasteiger partial charge in [-0.1, -0.05) is 12.1 Å². The first-order valence-corrected chi connectivity index (χ1v) is 8.68. The molecule has 1 aliphatic rings. The fourth-order valence-corrected chi connectivity index (χ4v) is 3.07. The van der Waals surface area contributed by atoms with Gasteiger partial charge in [0.2, 0.25) is 11.8 Å². The maximum atomic E-state index is 12.5. The van der Waals surface area contributed by atoms with Crippen molar-refractivity contribution < 1.29 is 19.2 Å². The molecule has 1 fully saturated rings. The Morgan fingerprint density at radius 2 is 1.63 bits per heavy atom. The smallest absolute Gasteiger partial charge is 0.229 e. The zero-order chi connectivity index (χ0) is 19.6. The van der Waals surface area contributed by atoms with Gasteiger partial charge in [-0.05, 0) is 50.2 Å². The zero-order valence-corrected chi connectivity index (χ0v) is 15.2. The first-order chi connectivity index (χ1) is 12.8. The van der Waals surface area contributed by atoms with Crippen molar-refractivity contribution in [1.29, 1.82) is 0 Å². The number of rotatable bonds is 5. The molecule has 6 nitrogen and oxygen atoms in total. The van der Waals surface area contributed by atoms with Crippen molar-refractivity contribution in [2.45, 2.75) is 20.3 Å².